The van der Waals surface area contributed by atoms with Gasteiger partial charge in [0.05, 0.1) is 5.02 Å². The molecule has 0 unspecified atom stereocenters. The van der Waals surface area contributed by atoms with Gasteiger partial charge in [-0.25, -0.2) is 0 Å². The second kappa shape index (κ2) is 6.48. The molecule has 88 valence electrons. The van der Waals surface area contributed by atoms with Gasteiger partial charge in [0, 0.05) is 18.9 Å². The van der Waals surface area contributed by atoms with Crippen molar-refractivity contribution in [1.29, 1.82) is 0 Å². The van der Waals surface area contributed by atoms with Crippen molar-refractivity contribution in [3.8, 4) is 0 Å². The van der Waals surface area contributed by atoms with Gasteiger partial charge in [-0.05, 0) is 48.4 Å². The van der Waals surface area contributed by atoms with E-state index in [9.17, 15) is 0 Å². The van der Waals surface area contributed by atoms with Gasteiger partial charge in [0.15, 0.2) is 0 Å². The molecule has 0 aromatic carbocycles. The summed E-state index contributed by atoms with van der Waals surface area (Å²) >= 11 is 8.11. The molecule has 2 heterocycles. The van der Waals surface area contributed by atoms with E-state index in [1.807, 2.05) is 6.07 Å². The lowest BCUT2D eigenvalue weighted by molar-refractivity contribution is 0.447. The summed E-state index contributed by atoms with van der Waals surface area (Å²) in [5, 5.41) is 4.25. The summed E-state index contributed by atoms with van der Waals surface area (Å²) in [5.74, 6) is 3.49. The first-order chi connectivity index (χ1) is 7.86. The highest BCUT2D eigenvalue weighted by molar-refractivity contribution is 7.99. The number of halogens is 1. The zero-order chi connectivity index (χ0) is 11.2. The summed E-state index contributed by atoms with van der Waals surface area (Å²) in [5.41, 5.74) is 1.14. The maximum atomic E-state index is 6.04. The fourth-order valence-electron chi connectivity index (χ4n) is 1.91. The summed E-state index contributed by atoms with van der Waals surface area (Å²) in [4.78, 5) is 3.98. The Kier molecular flexibility index (Phi) is 4.94. The third-order valence-corrected chi connectivity index (χ3v) is 4.33. The van der Waals surface area contributed by atoms with Gasteiger partial charge < -0.3 is 5.32 Å². The number of aromatic nitrogens is 1. The SMILES string of the molecule is Clc1cnccc1CNCC1CCSCC1. The largest absolute Gasteiger partial charge is 0.312 e. The molecule has 1 saturated heterocycles. The van der Waals surface area contributed by atoms with Gasteiger partial charge in [-0.2, -0.15) is 11.8 Å². The number of rotatable bonds is 4. The monoisotopic (exact) mass is 256 g/mol. The Bertz CT molecular complexity index is 327. The maximum absolute atomic E-state index is 6.04. The van der Waals surface area contributed by atoms with Gasteiger partial charge in [0.2, 0.25) is 0 Å². The molecule has 2 rings (SSSR count). The molecule has 1 aliphatic heterocycles. The van der Waals surface area contributed by atoms with Gasteiger partial charge in [-0.15, -0.1) is 0 Å². The standard InChI is InChI=1S/C12H17ClN2S/c13-12-9-14-4-1-11(12)8-15-7-10-2-5-16-6-3-10/h1,4,9-10,15H,2-3,5-8H2. The zero-order valence-corrected chi connectivity index (χ0v) is 10.9. The fraction of sp³-hybridized carbons (Fsp3) is 0.583. The van der Waals surface area contributed by atoms with Crippen LogP contribution in [0.15, 0.2) is 18.5 Å². The van der Waals surface area contributed by atoms with Gasteiger partial charge >= 0.3 is 0 Å². The molecule has 0 aliphatic carbocycles. The summed E-state index contributed by atoms with van der Waals surface area (Å²) in [6.07, 6.45) is 6.19. The van der Waals surface area contributed by atoms with Crippen LogP contribution < -0.4 is 5.32 Å². The Hall–Kier alpha value is -0.250. The first kappa shape index (κ1) is 12.2. The molecule has 0 spiro atoms. The van der Waals surface area contributed by atoms with Crippen molar-refractivity contribution >= 4 is 23.4 Å². The molecule has 1 aliphatic rings. The lowest BCUT2D eigenvalue weighted by atomic mass is 10.0. The average Bonchev–Trinajstić information content (AvgIpc) is 2.33. The molecular formula is C12H17ClN2S. The number of hydrogen-bond acceptors (Lipinski definition) is 3. The highest BCUT2D eigenvalue weighted by Crippen LogP contribution is 2.22. The van der Waals surface area contributed by atoms with Crippen LogP contribution in [0.2, 0.25) is 5.02 Å². The normalized spacial score (nSPS) is 17.6. The van der Waals surface area contributed by atoms with Gasteiger partial charge in [-0.1, -0.05) is 11.6 Å². The Labute approximate surface area is 106 Å². The first-order valence-electron chi connectivity index (χ1n) is 5.73. The third kappa shape index (κ3) is 3.65. The smallest absolute Gasteiger partial charge is 0.0634 e. The number of hydrogen-bond donors (Lipinski definition) is 1. The van der Waals surface area contributed by atoms with E-state index in [0.29, 0.717) is 0 Å². The van der Waals surface area contributed by atoms with Crippen molar-refractivity contribution in [2.24, 2.45) is 5.92 Å². The van der Waals surface area contributed by atoms with Crippen LogP contribution in [0.4, 0.5) is 0 Å². The van der Waals surface area contributed by atoms with E-state index in [0.717, 1.165) is 29.6 Å². The van der Waals surface area contributed by atoms with Crippen LogP contribution in [0, 0.1) is 5.92 Å². The Balaban J connectivity index is 1.73. The summed E-state index contributed by atoms with van der Waals surface area (Å²) in [6.45, 7) is 1.96. The Morgan fingerprint density at radius 1 is 1.44 bits per heavy atom. The Morgan fingerprint density at radius 2 is 2.25 bits per heavy atom. The van der Waals surface area contributed by atoms with E-state index in [4.69, 9.17) is 11.6 Å². The molecule has 0 amide bonds. The second-order valence-electron chi connectivity index (χ2n) is 4.15. The first-order valence-corrected chi connectivity index (χ1v) is 7.26. The highest BCUT2D eigenvalue weighted by Gasteiger charge is 2.12. The van der Waals surface area contributed by atoms with Crippen LogP contribution in [0.25, 0.3) is 0 Å². The lowest BCUT2D eigenvalue weighted by Gasteiger charge is -2.21. The van der Waals surface area contributed by atoms with E-state index in [-0.39, 0.29) is 0 Å². The second-order valence-corrected chi connectivity index (χ2v) is 5.79. The van der Waals surface area contributed by atoms with Crippen molar-refractivity contribution in [2.75, 3.05) is 18.1 Å². The molecule has 0 bridgehead atoms. The van der Waals surface area contributed by atoms with Crippen molar-refractivity contribution in [2.45, 2.75) is 19.4 Å². The van der Waals surface area contributed by atoms with E-state index in [1.54, 1.807) is 12.4 Å². The van der Waals surface area contributed by atoms with Gasteiger partial charge in [-0.3, -0.25) is 4.98 Å². The predicted molar refractivity (Wildman–Crippen MR) is 71.0 cm³/mol. The minimum Gasteiger partial charge on any atom is -0.312 e. The number of thioether (sulfide) groups is 1. The molecule has 1 fully saturated rings. The van der Waals surface area contributed by atoms with E-state index >= 15 is 0 Å². The lowest BCUT2D eigenvalue weighted by Crippen LogP contribution is -2.25. The Morgan fingerprint density at radius 3 is 3.00 bits per heavy atom. The number of nitrogens with zero attached hydrogens (tertiary/aromatic N) is 1. The molecular weight excluding hydrogens is 240 g/mol. The van der Waals surface area contributed by atoms with Crippen molar-refractivity contribution in [3.05, 3.63) is 29.0 Å². The zero-order valence-electron chi connectivity index (χ0n) is 9.29. The third-order valence-electron chi connectivity index (χ3n) is 2.95. The molecule has 4 heteroatoms. The van der Waals surface area contributed by atoms with Crippen LogP contribution in [0.5, 0.6) is 0 Å². The molecule has 1 N–H and O–H groups in total. The van der Waals surface area contributed by atoms with E-state index in [1.165, 1.54) is 24.3 Å². The molecule has 1 aromatic rings. The van der Waals surface area contributed by atoms with Gasteiger partial charge in [0.25, 0.3) is 0 Å². The molecule has 2 nitrogen and oxygen atoms in total. The van der Waals surface area contributed by atoms with Crippen LogP contribution in [-0.4, -0.2) is 23.0 Å². The molecule has 0 radical (unpaired) electrons. The van der Waals surface area contributed by atoms with E-state index in [2.05, 4.69) is 22.1 Å². The molecule has 1 aromatic heterocycles. The number of nitrogens with one attached hydrogen (secondary N) is 1. The van der Waals surface area contributed by atoms with Crippen LogP contribution in [-0.2, 0) is 6.54 Å². The molecule has 0 saturated carbocycles. The van der Waals surface area contributed by atoms with Crippen molar-refractivity contribution in [3.63, 3.8) is 0 Å². The van der Waals surface area contributed by atoms with Crippen molar-refractivity contribution < 1.29 is 0 Å². The highest BCUT2D eigenvalue weighted by atomic mass is 35.5. The quantitative estimate of drug-likeness (QED) is 0.897. The van der Waals surface area contributed by atoms with Crippen molar-refractivity contribution in [1.82, 2.24) is 10.3 Å². The fourth-order valence-corrected chi connectivity index (χ4v) is 3.30. The minimum absolute atomic E-state index is 0.759. The predicted octanol–water partition coefficient (Wildman–Crippen LogP) is 2.97. The topological polar surface area (TPSA) is 24.9 Å². The minimum atomic E-state index is 0.759. The maximum Gasteiger partial charge on any atom is 0.0634 e. The van der Waals surface area contributed by atoms with Crippen LogP contribution in [0.1, 0.15) is 18.4 Å². The van der Waals surface area contributed by atoms with Crippen LogP contribution in [0.3, 0.4) is 0 Å². The molecule has 0 atom stereocenters. The summed E-state index contributed by atoms with van der Waals surface area (Å²) < 4.78 is 0. The summed E-state index contributed by atoms with van der Waals surface area (Å²) in [6, 6.07) is 1.98. The number of pyridine rings is 1. The van der Waals surface area contributed by atoms with Crippen LogP contribution >= 0.6 is 23.4 Å². The summed E-state index contributed by atoms with van der Waals surface area (Å²) in [7, 11) is 0. The van der Waals surface area contributed by atoms with Gasteiger partial charge in [0.1, 0.15) is 0 Å². The average molecular weight is 257 g/mol. The van der Waals surface area contributed by atoms with E-state index < -0.39 is 0 Å². The molecule has 16 heavy (non-hydrogen) atoms.